The lowest BCUT2D eigenvalue weighted by Gasteiger charge is -2.47. The second-order valence-electron chi connectivity index (χ2n) is 16.2. The molecule has 4 atom stereocenters. The van der Waals surface area contributed by atoms with Crippen LogP contribution in [0.3, 0.4) is 0 Å². The number of aromatic hydroxyl groups is 1. The number of fused-ring (bicyclic) bond motifs is 3. The number of halogens is 2. The molecule has 3 saturated heterocycles. The predicted octanol–water partition coefficient (Wildman–Crippen LogP) is 5.29. The fourth-order valence-corrected chi connectivity index (χ4v) is 9.70. The van der Waals surface area contributed by atoms with E-state index in [1.54, 1.807) is 18.7 Å². The molecule has 2 aromatic heterocycles. The Morgan fingerprint density at radius 2 is 1.93 bits per heavy atom. The normalized spacial score (nSPS) is 25.7. The summed E-state index contributed by atoms with van der Waals surface area (Å²) in [6, 6.07) is 5.62. The van der Waals surface area contributed by atoms with Crippen LogP contribution in [0.1, 0.15) is 57.9 Å². The summed E-state index contributed by atoms with van der Waals surface area (Å²) in [6.07, 6.45) is 11.8. The zero-order valence-electron chi connectivity index (χ0n) is 32.1. The maximum atomic E-state index is 17.3. The van der Waals surface area contributed by atoms with Gasteiger partial charge in [0.2, 0.25) is 11.8 Å². The third-order valence-corrected chi connectivity index (χ3v) is 12.2. The first-order valence-electron chi connectivity index (χ1n) is 19.4. The number of aliphatic hydroxyl groups is 1. The number of methoxy groups -OCH3 is 1. The van der Waals surface area contributed by atoms with Crippen molar-refractivity contribution in [3.8, 4) is 41.2 Å². The van der Waals surface area contributed by atoms with Gasteiger partial charge >= 0.3 is 6.01 Å². The number of amides is 1. The number of terminal acetylenes is 1. The molecule has 1 amide bonds. The Balaban J connectivity index is 1.22. The number of phenols is 1. The summed E-state index contributed by atoms with van der Waals surface area (Å²) >= 11 is 0. The van der Waals surface area contributed by atoms with Gasteiger partial charge in [0.1, 0.15) is 39.6 Å². The number of rotatable bonds is 8. The average Bonchev–Trinajstić information content (AvgIpc) is 3.79. The highest BCUT2D eigenvalue weighted by atomic mass is 19.1. The van der Waals surface area contributed by atoms with E-state index in [0.29, 0.717) is 24.5 Å². The second kappa shape index (κ2) is 14.9. The van der Waals surface area contributed by atoms with Crippen LogP contribution in [0.2, 0.25) is 0 Å². The Labute approximate surface area is 324 Å². The van der Waals surface area contributed by atoms with E-state index in [9.17, 15) is 15.0 Å². The number of aromatic nitrogens is 3. The van der Waals surface area contributed by atoms with Gasteiger partial charge < -0.3 is 34.2 Å². The Morgan fingerprint density at radius 3 is 2.70 bits per heavy atom. The molecule has 296 valence electrons. The van der Waals surface area contributed by atoms with Crippen molar-refractivity contribution in [1.29, 1.82) is 0 Å². The van der Waals surface area contributed by atoms with Crippen LogP contribution < -0.4 is 14.4 Å². The number of carbonyl (C=O) groups excluding carboxylic acids is 1. The molecule has 1 aliphatic carbocycles. The third kappa shape index (κ3) is 6.94. The molecule has 4 unspecified atom stereocenters. The number of benzene rings is 2. The van der Waals surface area contributed by atoms with Crippen molar-refractivity contribution in [2.24, 2.45) is 11.3 Å². The number of carbonyl (C=O) groups is 1. The maximum Gasteiger partial charge on any atom is 0.319 e. The highest BCUT2D eigenvalue weighted by Crippen LogP contribution is 2.49. The Morgan fingerprint density at radius 1 is 1.11 bits per heavy atom. The van der Waals surface area contributed by atoms with E-state index in [0.717, 1.165) is 64.7 Å². The van der Waals surface area contributed by atoms with Crippen LogP contribution in [-0.4, -0.2) is 119 Å². The number of phenolic OH excluding ortho intramolecular Hbond substituents is 1. The van der Waals surface area contributed by atoms with E-state index in [1.165, 1.54) is 31.4 Å². The Kier molecular flexibility index (Phi) is 10.1. The number of piperidine rings is 1. The van der Waals surface area contributed by atoms with Crippen molar-refractivity contribution < 1.29 is 38.0 Å². The number of hydrogen-bond donors (Lipinski definition) is 2. The minimum absolute atomic E-state index is 0.0227. The van der Waals surface area contributed by atoms with Gasteiger partial charge in [-0.3, -0.25) is 9.69 Å². The summed E-state index contributed by atoms with van der Waals surface area (Å²) in [4.78, 5) is 32.5. The molecule has 5 heterocycles. The number of pyridine rings is 1. The molecule has 3 aliphatic heterocycles. The minimum Gasteiger partial charge on any atom is -0.508 e. The molecule has 2 N–H and O–H groups in total. The van der Waals surface area contributed by atoms with E-state index >= 15 is 8.78 Å². The molecular formula is C42H48F2N6O6. The van der Waals surface area contributed by atoms with Gasteiger partial charge in [0, 0.05) is 55.5 Å². The van der Waals surface area contributed by atoms with E-state index in [2.05, 4.69) is 15.8 Å². The molecule has 0 bridgehead atoms. The molecule has 1 saturated carbocycles. The highest BCUT2D eigenvalue weighted by Gasteiger charge is 2.49. The number of ether oxygens (including phenoxy) is 3. The number of β-amino-alcohol motifs (C(OH)–C–C–N with tert-alkyl or cyclic N) is 1. The van der Waals surface area contributed by atoms with Crippen LogP contribution in [-0.2, 0) is 9.53 Å². The molecule has 0 spiro atoms. The van der Waals surface area contributed by atoms with Gasteiger partial charge in [-0.05, 0) is 75.1 Å². The molecule has 4 fully saturated rings. The van der Waals surface area contributed by atoms with Gasteiger partial charge in [0.25, 0.3) is 0 Å². The first-order chi connectivity index (χ1) is 26.9. The van der Waals surface area contributed by atoms with Gasteiger partial charge in [-0.25, -0.2) is 13.8 Å². The lowest BCUT2D eigenvalue weighted by Crippen LogP contribution is -2.53. The minimum atomic E-state index is -1.26. The summed E-state index contributed by atoms with van der Waals surface area (Å²) in [5, 5.41) is 22.7. The van der Waals surface area contributed by atoms with Crippen LogP contribution in [0, 0.1) is 35.3 Å². The quantitative estimate of drug-likeness (QED) is 0.227. The molecule has 4 aliphatic rings. The molecule has 4 aromatic rings. The molecule has 12 nitrogen and oxygen atoms in total. The number of nitrogens with zero attached hydrogens (tertiary/aromatic N) is 6. The van der Waals surface area contributed by atoms with Gasteiger partial charge in [0.15, 0.2) is 5.82 Å². The van der Waals surface area contributed by atoms with Crippen molar-refractivity contribution in [1.82, 2.24) is 24.8 Å². The zero-order chi connectivity index (χ0) is 39.4. The van der Waals surface area contributed by atoms with Crippen LogP contribution in [0.4, 0.5) is 14.6 Å². The van der Waals surface area contributed by atoms with Gasteiger partial charge in [0.05, 0.1) is 39.0 Å². The average molecular weight is 771 g/mol. The molecule has 8 rings (SSSR count). The molecular weight excluding hydrogens is 722 g/mol. The fraction of sp³-hybridized carbons (Fsp3) is 0.524. The van der Waals surface area contributed by atoms with Crippen LogP contribution in [0.25, 0.3) is 32.9 Å². The van der Waals surface area contributed by atoms with Gasteiger partial charge in [-0.1, -0.05) is 18.4 Å². The number of likely N-dealkylation sites (tertiary alicyclic amines) is 2. The van der Waals surface area contributed by atoms with Gasteiger partial charge in [-0.15, -0.1) is 6.42 Å². The summed E-state index contributed by atoms with van der Waals surface area (Å²) in [5.74, 6) is 1.41. The van der Waals surface area contributed by atoms with Crippen molar-refractivity contribution >= 4 is 33.4 Å². The summed E-state index contributed by atoms with van der Waals surface area (Å²) in [6.45, 7) is 7.92. The smallest absolute Gasteiger partial charge is 0.319 e. The number of hydrogen-bond acceptors (Lipinski definition) is 11. The topological polar surface area (TPSA) is 134 Å². The second-order valence-corrected chi connectivity index (χ2v) is 16.2. The summed E-state index contributed by atoms with van der Waals surface area (Å²) < 4.78 is 50.5. The summed E-state index contributed by atoms with van der Waals surface area (Å²) in [7, 11) is 1.39. The fourth-order valence-electron chi connectivity index (χ4n) is 9.70. The first-order valence-corrected chi connectivity index (χ1v) is 19.4. The molecule has 2 aromatic carbocycles. The highest BCUT2D eigenvalue weighted by molar-refractivity contribution is 6.04. The van der Waals surface area contributed by atoms with E-state index in [1.807, 2.05) is 4.90 Å². The molecule has 56 heavy (non-hydrogen) atoms. The standard InChI is InChI=1S/C42H48F2N6O6/c1-5-29-31(43)10-9-27-18-28(52)19-30(33(27)29)36-35(44)37-34(39(45-36)54-4)38(50-16-17-55-23-41(3,53)22-50)47-40(46-37)56-24-42-12-6-8-32(42)49(14-7-13-42)21-26-11-15-48(20-26)25(2)51/h1,9-10,18-19,26,32,52-53H,6-8,11-17,20-24H2,2-4H3. The largest absolute Gasteiger partial charge is 0.508 e. The Bertz CT molecular complexity index is 2230. The maximum absolute atomic E-state index is 17.3. The van der Waals surface area contributed by atoms with Gasteiger partial charge in [-0.2, -0.15) is 9.97 Å². The SMILES string of the molecule is C#Cc1c(F)ccc2cc(O)cc(-c3nc(OC)c4c(N5CCOCC(C)(O)C5)nc(OCC56CCCC5N(CC5CCN(C(C)=O)C5)CCC6)nc4c3F)c12. The van der Waals surface area contributed by atoms with Crippen LogP contribution in [0.5, 0.6) is 17.6 Å². The summed E-state index contributed by atoms with van der Waals surface area (Å²) in [5.41, 5.74) is -1.88. The van der Waals surface area contributed by atoms with E-state index in [4.69, 9.17) is 30.6 Å². The van der Waals surface area contributed by atoms with E-state index in [-0.39, 0.29) is 93.7 Å². The van der Waals surface area contributed by atoms with Crippen LogP contribution >= 0.6 is 0 Å². The first kappa shape index (κ1) is 38.1. The predicted molar refractivity (Wildman–Crippen MR) is 207 cm³/mol. The molecule has 0 radical (unpaired) electrons. The van der Waals surface area contributed by atoms with Crippen molar-refractivity contribution in [3.05, 3.63) is 41.5 Å². The monoisotopic (exact) mass is 770 g/mol. The lowest BCUT2D eigenvalue weighted by molar-refractivity contribution is -0.127. The molecule has 14 heteroatoms. The number of anilines is 1. The van der Waals surface area contributed by atoms with E-state index < -0.39 is 17.2 Å². The van der Waals surface area contributed by atoms with Crippen molar-refractivity contribution in [3.63, 3.8) is 0 Å². The zero-order valence-corrected chi connectivity index (χ0v) is 32.1. The third-order valence-electron chi connectivity index (χ3n) is 12.2. The lowest BCUT2D eigenvalue weighted by atomic mass is 9.75. The van der Waals surface area contributed by atoms with Crippen LogP contribution in [0.15, 0.2) is 24.3 Å². The Hall–Kier alpha value is -4.84. The van der Waals surface area contributed by atoms with Crippen molar-refractivity contribution in [2.45, 2.75) is 64.0 Å². The van der Waals surface area contributed by atoms with Crippen molar-refractivity contribution in [2.75, 3.05) is 71.1 Å².